The van der Waals surface area contributed by atoms with Gasteiger partial charge in [-0.1, -0.05) is 35.9 Å². The lowest BCUT2D eigenvalue weighted by Gasteiger charge is -2.12. The zero-order chi connectivity index (χ0) is 21.1. The average Bonchev–Trinajstić information content (AvgIpc) is 3.11. The van der Waals surface area contributed by atoms with Gasteiger partial charge in [-0.05, 0) is 61.9 Å². The van der Waals surface area contributed by atoms with Gasteiger partial charge < -0.3 is 14.6 Å². The van der Waals surface area contributed by atoms with E-state index in [-0.39, 0.29) is 11.7 Å². The number of benzene rings is 3. The summed E-state index contributed by atoms with van der Waals surface area (Å²) >= 11 is 0. The van der Waals surface area contributed by atoms with E-state index in [1.807, 2.05) is 66.9 Å². The molecule has 0 saturated carbocycles. The Morgan fingerprint density at radius 3 is 2.47 bits per heavy atom. The van der Waals surface area contributed by atoms with E-state index < -0.39 is 0 Å². The van der Waals surface area contributed by atoms with Gasteiger partial charge in [-0.3, -0.25) is 4.79 Å². The number of rotatable bonds is 6. The van der Waals surface area contributed by atoms with Crippen LogP contribution in [-0.4, -0.2) is 17.1 Å². The van der Waals surface area contributed by atoms with Crippen LogP contribution in [-0.2, 0) is 6.54 Å². The molecule has 1 N–H and O–H groups in total. The van der Waals surface area contributed by atoms with Gasteiger partial charge in [-0.2, -0.15) is 0 Å². The topological polar surface area (TPSA) is 43.3 Å². The van der Waals surface area contributed by atoms with E-state index in [2.05, 4.69) is 5.32 Å². The van der Waals surface area contributed by atoms with Crippen LogP contribution in [0, 0.1) is 12.7 Å². The number of halogens is 1. The van der Waals surface area contributed by atoms with Crippen molar-refractivity contribution in [2.45, 2.75) is 20.4 Å². The molecule has 0 atom stereocenters. The molecule has 3 aromatic carbocycles. The van der Waals surface area contributed by atoms with Crippen LogP contribution in [0.25, 0.3) is 10.9 Å². The number of nitrogens with zero attached hydrogens (tertiary/aromatic N) is 1. The van der Waals surface area contributed by atoms with Gasteiger partial charge in [0.25, 0.3) is 5.91 Å². The second-order valence-electron chi connectivity index (χ2n) is 7.18. The van der Waals surface area contributed by atoms with Gasteiger partial charge >= 0.3 is 0 Å². The summed E-state index contributed by atoms with van der Waals surface area (Å²) in [7, 11) is 0. The van der Waals surface area contributed by atoms with Gasteiger partial charge in [-0.15, -0.1) is 0 Å². The van der Waals surface area contributed by atoms with Gasteiger partial charge in [0.1, 0.15) is 17.3 Å². The van der Waals surface area contributed by atoms with Crippen molar-refractivity contribution in [3.05, 3.63) is 95.4 Å². The molecular formula is C25H23FN2O2. The van der Waals surface area contributed by atoms with Crippen LogP contribution in [0.4, 0.5) is 10.1 Å². The summed E-state index contributed by atoms with van der Waals surface area (Å²) in [5.41, 5.74) is 4.16. The number of hydrogen-bond donors (Lipinski definition) is 1. The number of fused-ring (bicyclic) bond motifs is 1. The van der Waals surface area contributed by atoms with Crippen molar-refractivity contribution in [3.63, 3.8) is 0 Å². The number of amides is 1. The standard InChI is InChI=1S/C25H23FN2O2/c1-3-30-24-6-4-5-22-21(24)15-23(25(29)27-20-13-7-17(2)8-14-20)28(22)16-18-9-11-19(26)12-10-18/h4-15H,3,16H2,1-2H3,(H,27,29). The predicted octanol–water partition coefficient (Wildman–Crippen LogP) is 5.79. The van der Waals surface area contributed by atoms with Gasteiger partial charge in [0, 0.05) is 17.6 Å². The smallest absolute Gasteiger partial charge is 0.272 e. The molecule has 152 valence electrons. The second kappa shape index (κ2) is 8.41. The minimum atomic E-state index is -0.285. The first-order chi connectivity index (χ1) is 14.5. The third-order valence-electron chi connectivity index (χ3n) is 5.00. The lowest BCUT2D eigenvalue weighted by Crippen LogP contribution is -2.17. The quantitative estimate of drug-likeness (QED) is 0.444. The normalized spacial score (nSPS) is 10.9. The maximum atomic E-state index is 13.3. The number of anilines is 1. The van der Waals surface area contributed by atoms with E-state index in [0.29, 0.717) is 18.8 Å². The van der Waals surface area contributed by atoms with Crippen LogP contribution in [0.3, 0.4) is 0 Å². The molecule has 4 nitrogen and oxygen atoms in total. The molecule has 30 heavy (non-hydrogen) atoms. The molecule has 0 fully saturated rings. The number of hydrogen-bond acceptors (Lipinski definition) is 2. The summed E-state index contributed by atoms with van der Waals surface area (Å²) < 4.78 is 21.1. The fourth-order valence-electron chi connectivity index (χ4n) is 3.50. The minimum absolute atomic E-state index is 0.209. The van der Waals surface area contributed by atoms with Gasteiger partial charge in [0.05, 0.1) is 12.1 Å². The molecule has 0 aliphatic rings. The van der Waals surface area contributed by atoms with E-state index in [0.717, 1.165) is 33.5 Å². The van der Waals surface area contributed by atoms with Crippen molar-refractivity contribution < 1.29 is 13.9 Å². The van der Waals surface area contributed by atoms with Crippen molar-refractivity contribution in [1.82, 2.24) is 4.57 Å². The Labute approximate surface area is 174 Å². The molecule has 1 amide bonds. The van der Waals surface area contributed by atoms with E-state index in [1.165, 1.54) is 12.1 Å². The molecule has 5 heteroatoms. The van der Waals surface area contributed by atoms with Crippen LogP contribution in [0.1, 0.15) is 28.5 Å². The summed E-state index contributed by atoms with van der Waals surface area (Å²) in [4.78, 5) is 13.2. The van der Waals surface area contributed by atoms with Crippen LogP contribution in [0.15, 0.2) is 72.8 Å². The third kappa shape index (κ3) is 4.06. The van der Waals surface area contributed by atoms with Crippen LogP contribution < -0.4 is 10.1 Å². The van der Waals surface area contributed by atoms with Crippen LogP contribution in [0.5, 0.6) is 5.75 Å². The molecule has 0 saturated heterocycles. The molecule has 0 bridgehead atoms. The second-order valence-corrected chi connectivity index (χ2v) is 7.18. The zero-order valence-corrected chi connectivity index (χ0v) is 17.0. The van der Waals surface area contributed by atoms with E-state index >= 15 is 0 Å². The molecule has 0 aliphatic carbocycles. The molecule has 0 unspecified atom stereocenters. The first-order valence-electron chi connectivity index (χ1n) is 9.92. The third-order valence-corrected chi connectivity index (χ3v) is 5.00. The van der Waals surface area contributed by atoms with E-state index in [9.17, 15) is 9.18 Å². The van der Waals surface area contributed by atoms with Crippen LogP contribution >= 0.6 is 0 Å². The lowest BCUT2D eigenvalue weighted by atomic mass is 10.2. The summed E-state index contributed by atoms with van der Waals surface area (Å²) in [6, 6.07) is 21.6. The number of carbonyl (C=O) groups excluding carboxylic acids is 1. The summed E-state index contributed by atoms with van der Waals surface area (Å²) in [5.74, 6) is 0.240. The van der Waals surface area contributed by atoms with Crippen LogP contribution in [0.2, 0.25) is 0 Å². The molecule has 1 heterocycles. The van der Waals surface area contributed by atoms with E-state index in [4.69, 9.17) is 4.74 Å². The number of aromatic nitrogens is 1. The van der Waals surface area contributed by atoms with E-state index in [1.54, 1.807) is 12.1 Å². The van der Waals surface area contributed by atoms with Crippen molar-refractivity contribution >= 4 is 22.5 Å². The number of nitrogens with one attached hydrogen (secondary N) is 1. The van der Waals surface area contributed by atoms with Crippen molar-refractivity contribution in [2.75, 3.05) is 11.9 Å². The Balaban J connectivity index is 1.77. The van der Waals surface area contributed by atoms with Crippen molar-refractivity contribution in [1.29, 1.82) is 0 Å². The number of aryl methyl sites for hydroxylation is 1. The molecule has 1 aromatic heterocycles. The highest BCUT2D eigenvalue weighted by Crippen LogP contribution is 2.30. The Bertz CT molecular complexity index is 1180. The number of carbonyl (C=O) groups is 1. The fourth-order valence-corrected chi connectivity index (χ4v) is 3.50. The molecule has 0 aliphatic heterocycles. The minimum Gasteiger partial charge on any atom is -0.493 e. The molecule has 0 radical (unpaired) electrons. The van der Waals surface area contributed by atoms with Gasteiger partial charge in [-0.25, -0.2) is 4.39 Å². The molecular weight excluding hydrogens is 379 g/mol. The zero-order valence-electron chi connectivity index (χ0n) is 17.0. The maximum absolute atomic E-state index is 13.3. The Morgan fingerprint density at radius 1 is 1.03 bits per heavy atom. The monoisotopic (exact) mass is 402 g/mol. The Morgan fingerprint density at radius 2 is 1.77 bits per heavy atom. The summed E-state index contributed by atoms with van der Waals surface area (Å²) in [6.07, 6.45) is 0. The number of ether oxygens (including phenoxy) is 1. The predicted molar refractivity (Wildman–Crippen MR) is 118 cm³/mol. The molecule has 4 aromatic rings. The first-order valence-corrected chi connectivity index (χ1v) is 9.92. The summed E-state index contributed by atoms with van der Waals surface area (Å²) in [5, 5.41) is 3.84. The van der Waals surface area contributed by atoms with Gasteiger partial charge in [0.15, 0.2) is 0 Å². The molecule has 0 spiro atoms. The van der Waals surface area contributed by atoms with Crippen molar-refractivity contribution in [2.24, 2.45) is 0 Å². The van der Waals surface area contributed by atoms with Crippen molar-refractivity contribution in [3.8, 4) is 5.75 Å². The highest BCUT2D eigenvalue weighted by Gasteiger charge is 2.18. The van der Waals surface area contributed by atoms with Gasteiger partial charge in [0.2, 0.25) is 0 Å². The Kier molecular flexibility index (Phi) is 5.53. The fraction of sp³-hybridized carbons (Fsp3) is 0.160. The SMILES string of the molecule is CCOc1cccc2c1cc(C(=O)Nc1ccc(C)cc1)n2Cc1ccc(F)cc1. The first kappa shape index (κ1) is 19.7. The Hall–Kier alpha value is -3.60. The largest absolute Gasteiger partial charge is 0.493 e. The molecule has 4 rings (SSSR count). The highest BCUT2D eigenvalue weighted by atomic mass is 19.1. The highest BCUT2D eigenvalue weighted by molar-refractivity contribution is 6.07. The average molecular weight is 402 g/mol. The maximum Gasteiger partial charge on any atom is 0.272 e. The lowest BCUT2D eigenvalue weighted by molar-refractivity contribution is 0.101. The summed E-state index contributed by atoms with van der Waals surface area (Å²) in [6.45, 7) is 4.91.